The molecule has 4 aliphatic rings. The molecular formula is C44H78O. The number of ether oxygens (including phenoxy) is 1. The Morgan fingerprint density at radius 3 is 1.22 bits per heavy atom. The average molecular weight is 623 g/mol. The van der Waals surface area contributed by atoms with E-state index in [-0.39, 0.29) is 11.2 Å². The van der Waals surface area contributed by atoms with Crippen LogP contribution in [-0.2, 0) is 4.74 Å². The first kappa shape index (κ1) is 37.3. The molecule has 0 aromatic rings. The van der Waals surface area contributed by atoms with E-state index in [4.69, 9.17) is 4.74 Å². The second kappa shape index (κ2) is 17.7. The van der Waals surface area contributed by atoms with Crippen LogP contribution in [0.1, 0.15) is 197 Å². The number of hydrogen-bond acceptors (Lipinski definition) is 1. The predicted octanol–water partition coefficient (Wildman–Crippen LogP) is 14.1. The maximum absolute atomic E-state index is 7.10. The van der Waals surface area contributed by atoms with Crippen molar-refractivity contribution >= 4 is 0 Å². The van der Waals surface area contributed by atoms with Crippen molar-refractivity contribution < 1.29 is 4.74 Å². The molecule has 0 aromatic carbocycles. The van der Waals surface area contributed by atoms with E-state index in [2.05, 4.69) is 67.5 Å². The average Bonchev–Trinajstić information content (AvgIpc) is 3.06. The molecular weight excluding hydrogens is 544 g/mol. The number of unbranched alkanes of at least 4 members (excludes halogenated alkanes) is 2. The lowest BCUT2D eigenvalue weighted by Crippen LogP contribution is -2.41. The molecule has 2 fully saturated rings. The standard InChI is InChI=1S/C44H78O/c1-9-13-15-33(11-3)35-17-21-37(22-18-35)39-25-29-41(30-26-39)43(5,6)45-44(7,8)42-31-27-40(28-32-42)38-23-19-36(20-24-38)34(12-4)16-14-10-2/h29,31,33-40H,9-28,30,32H2,1-8H3. The zero-order valence-electron chi connectivity index (χ0n) is 31.7. The molecule has 1 heteroatoms. The van der Waals surface area contributed by atoms with Crippen LogP contribution in [0, 0.1) is 47.3 Å². The SMILES string of the molecule is CCCCC(CC)C1CCC(C2CC=C(C(C)(C)OC(C)(C)C3=CCC(C4CCC(C(CC)CCCC)CC4)CC3)CC2)CC1. The van der Waals surface area contributed by atoms with Crippen molar-refractivity contribution in [1.82, 2.24) is 0 Å². The fourth-order valence-corrected chi connectivity index (χ4v) is 11.1. The summed E-state index contributed by atoms with van der Waals surface area (Å²) in [6.45, 7) is 19.0. The maximum Gasteiger partial charge on any atom is 0.0847 e. The van der Waals surface area contributed by atoms with Gasteiger partial charge in [-0.1, -0.05) is 91.2 Å². The Kier molecular flexibility index (Phi) is 14.7. The molecule has 4 rings (SSSR count). The van der Waals surface area contributed by atoms with Crippen molar-refractivity contribution in [2.75, 3.05) is 0 Å². The Hall–Kier alpha value is -0.560. The molecule has 0 spiro atoms. The molecule has 0 heterocycles. The van der Waals surface area contributed by atoms with Gasteiger partial charge in [-0.05, 0) is 176 Å². The van der Waals surface area contributed by atoms with Crippen molar-refractivity contribution in [2.45, 2.75) is 208 Å². The molecule has 4 aliphatic carbocycles. The van der Waals surface area contributed by atoms with Crippen LogP contribution in [0.5, 0.6) is 0 Å². The van der Waals surface area contributed by atoms with Crippen LogP contribution >= 0.6 is 0 Å². The van der Waals surface area contributed by atoms with Crippen LogP contribution in [0.25, 0.3) is 0 Å². The monoisotopic (exact) mass is 623 g/mol. The topological polar surface area (TPSA) is 9.23 Å². The quantitative estimate of drug-likeness (QED) is 0.156. The van der Waals surface area contributed by atoms with Crippen molar-refractivity contribution in [3.63, 3.8) is 0 Å². The third-order valence-corrected chi connectivity index (χ3v) is 14.2. The molecule has 0 bridgehead atoms. The molecule has 1 nitrogen and oxygen atoms in total. The number of hydrogen-bond donors (Lipinski definition) is 0. The normalized spacial score (nSPS) is 31.6. The minimum absolute atomic E-state index is 0.177. The Labute approximate surface area is 282 Å². The largest absolute Gasteiger partial charge is 0.361 e. The molecule has 4 unspecified atom stereocenters. The first-order valence-corrected chi connectivity index (χ1v) is 20.7. The highest BCUT2D eigenvalue weighted by molar-refractivity contribution is 5.22. The van der Waals surface area contributed by atoms with Crippen molar-refractivity contribution in [1.29, 1.82) is 0 Å². The van der Waals surface area contributed by atoms with Gasteiger partial charge in [-0.2, -0.15) is 0 Å². The third-order valence-electron chi connectivity index (χ3n) is 14.2. The molecule has 0 N–H and O–H groups in total. The summed E-state index contributed by atoms with van der Waals surface area (Å²) in [6, 6.07) is 0. The molecule has 2 saturated carbocycles. The summed E-state index contributed by atoms with van der Waals surface area (Å²) in [5.41, 5.74) is 2.79. The minimum atomic E-state index is -0.177. The lowest BCUT2D eigenvalue weighted by molar-refractivity contribution is -0.0866. The first-order valence-electron chi connectivity index (χ1n) is 20.7. The van der Waals surface area contributed by atoms with Crippen LogP contribution in [0.2, 0.25) is 0 Å². The Bertz CT molecular complexity index is 831. The molecule has 0 radical (unpaired) electrons. The van der Waals surface area contributed by atoms with Gasteiger partial charge in [-0.3, -0.25) is 0 Å². The molecule has 4 atom stereocenters. The van der Waals surface area contributed by atoms with E-state index in [1.54, 1.807) is 11.1 Å². The van der Waals surface area contributed by atoms with Gasteiger partial charge in [-0.25, -0.2) is 0 Å². The van der Waals surface area contributed by atoms with Gasteiger partial charge in [0.2, 0.25) is 0 Å². The molecule has 0 amide bonds. The summed E-state index contributed by atoms with van der Waals surface area (Å²) < 4.78 is 7.10. The Balaban J connectivity index is 1.23. The summed E-state index contributed by atoms with van der Waals surface area (Å²) in [4.78, 5) is 0. The van der Waals surface area contributed by atoms with Gasteiger partial charge in [0, 0.05) is 0 Å². The summed E-state index contributed by atoms with van der Waals surface area (Å²) in [5.74, 6) is 7.75. The number of rotatable bonds is 16. The van der Waals surface area contributed by atoms with E-state index >= 15 is 0 Å². The number of allylic oxidation sites excluding steroid dienone is 2. The van der Waals surface area contributed by atoms with E-state index in [9.17, 15) is 0 Å². The smallest absolute Gasteiger partial charge is 0.0847 e. The van der Waals surface area contributed by atoms with E-state index in [0.29, 0.717) is 0 Å². The van der Waals surface area contributed by atoms with Gasteiger partial charge in [0.15, 0.2) is 0 Å². The van der Waals surface area contributed by atoms with E-state index < -0.39 is 0 Å². The van der Waals surface area contributed by atoms with E-state index in [1.165, 1.54) is 141 Å². The Morgan fingerprint density at radius 1 is 0.556 bits per heavy atom. The summed E-state index contributed by atoms with van der Waals surface area (Å²) in [6.07, 6.45) is 36.3. The van der Waals surface area contributed by atoms with Gasteiger partial charge >= 0.3 is 0 Å². The lowest BCUT2D eigenvalue weighted by atomic mass is 9.67. The third kappa shape index (κ3) is 10.2. The molecule has 45 heavy (non-hydrogen) atoms. The van der Waals surface area contributed by atoms with Gasteiger partial charge in [0.25, 0.3) is 0 Å². The lowest BCUT2D eigenvalue weighted by Gasteiger charge is -2.44. The summed E-state index contributed by atoms with van der Waals surface area (Å²) >= 11 is 0. The van der Waals surface area contributed by atoms with Crippen LogP contribution in [0.3, 0.4) is 0 Å². The molecule has 0 saturated heterocycles. The highest BCUT2D eigenvalue weighted by Crippen LogP contribution is 2.47. The van der Waals surface area contributed by atoms with Crippen LogP contribution in [-0.4, -0.2) is 11.2 Å². The zero-order valence-corrected chi connectivity index (χ0v) is 31.7. The van der Waals surface area contributed by atoms with Crippen molar-refractivity contribution in [3.8, 4) is 0 Å². The Morgan fingerprint density at radius 2 is 0.933 bits per heavy atom. The molecule has 0 aromatic heterocycles. The maximum atomic E-state index is 7.10. The highest BCUT2D eigenvalue weighted by atomic mass is 16.5. The van der Waals surface area contributed by atoms with Gasteiger partial charge in [0.05, 0.1) is 11.2 Å². The summed E-state index contributed by atoms with van der Waals surface area (Å²) in [5, 5.41) is 0. The zero-order chi connectivity index (χ0) is 32.5. The van der Waals surface area contributed by atoms with Crippen molar-refractivity contribution in [3.05, 3.63) is 23.3 Å². The van der Waals surface area contributed by atoms with Crippen LogP contribution in [0.4, 0.5) is 0 Å². The van der Waals surface area contributed by atoms with E-state index in [0.717, 1.165) is 47.3 Å². The van der Waals surface area contributed by atoms with Crippen molar-refractivity contribution in [2.24, 2.45) is 47.3 Å². The van der Waals surface area contributed by atoms with E-state index in [1.807, 2.05) is 0 Å². The minimum Gasteiger partial charge on any atom is -0.361 e. The fraction of sp³-hybridized carbons (Fsp3) is 0.909. The predicted molar refractivity (Wildman–Crippen MR) is 198 cm³/mol. The van der Waals surface area contributed by atoms with Crippen LogP contribution in [0.15, 0.2) is 23.3 Å². The van der Waals surface area contributed by atoms with Gasteiger partial charge in [-0.15, -0.1) is 0 Å². The van der Waals surface area contributed by atoms with Gasteiger partial charge < -0.3 is 4.74 Å². The highest BCUT2D eigenvalue weighted by Gasteiger charge is 2.39. The molecule has 260 valence electrons. The fourth-order valence-electron chi connectivity index (χ4n) is 11.1. The first-order chi connectivity index (χ1) is 21.6. The van der Waals surface area contributed by atoms with Gasteiger partial charge in [0.1, 0.15) is 0 Å². The second-order valence-corrected chi connectivity index (χ2v) is 17.6. The van der Waals surface area contributed by atoms with Crippen LogP contribution < -0.4 is 0 Å². The summed E-state index contributed by atoms with van der Waals surface area (Å²) in [7, 11) is 0. The second-order valence-electron chi connectivity index (χ2n) is 17.6. The molecule has 0 aliphatic heterocycles.